The standard InChI is InChI=1S/C12H13O5.Hg/c1-8(13)7-12(10(14)15,11(16)17)9-5-3-2-4-6-9;/h2-6,8,13H,1,7H2,(H,14,15)(H,16,17);. The molecular formula is C12H13HgO5. The van der Waals surface area contributed by atoms with Crippen LogP contribution in [0.2, 0.25) is 3.93 Å². The van der Waals surface area contributed by atoms with E-state index in [1.54, 1.807) is 18.2 Å². The molecule has 18 heavy (non-hydrogen) atoms. The number of benzene rings is 1. The Hall–Kier alpha value is -0.945. The van der Waals surface area contributed by atoms with E-state index in [9.17, 15) is 24.9 Å². The molecule has 0 spiro atoms. The molecule has 0 saturated heterocycles. The molecule has 0 saturated carbocycles. The quantitative estimate of drug-likeness (QED) is 0.452. The van der Waals surface area contributed by atoms with Crippen molar-refractivity contribution < 1.29 is 51.0 Å². The number of aliphatic hydroxyl groups is 1. The van der Waals surface area contributed by atoms with Crippen molar-refractivity contribution in [1.82, 2.24) is 0 Å². The summed E-state index contributed by atoms with van der Waals surface area (Å²) in [4.78, 5) is 22.9. The van der Waals surface area contributed by atoms with Crippen LogP contribution >= 0.6 is 0 Å². The predicted octanol–water partition coefficient (Wildman–Crippen LogP) is 0.810. The van der Waals surface area contributed by atoms with Crippen molar-refractivity contribution >= 4 is 11.9 Å². The van der Waals surface area contributed by atoms with Gasteiger partial charge in [-0.15, -0.1) is 0 Å². The maximum absolute atomic E-state index is 11.4. The van der Waals surface area contributed by atoms with Gasteiger partial charge < -0.3 is 0 Å². The van der Waals surface area contributed by atoms with Crippen molar-refractivity contribution in [2.24, 2.45) is 0 Å². The van der Waals surface area contributed by atoms with E-state index >= 15 is 0 Å². The molecule has 0 aromatic heterocycles. The van der Waals surface area contributed by atoms with Crippen molar-refractivity contribution in [3.05, 3.63) is 35.9 Å². The van der Waals surface area contributed by atoms with Gasteiger partial charge >= 0.3 is 121 Å². The van der Waals surface area contributed by atoms with Gasteiger partial charge in [-0.2, -0.15) is 0 Å². The van der Waals surface area contributed by atoms with Crippen molar-refractivity contribution in [3.63, 3.8) is 0 Å². The molecule has 0 radical (unpaired) electrons. The first-order chi connectivity index (χ1) is 8.45. The second-order valence-corrected chi connectivity index (χ2v) is 6.27. The average Bonchev–Trinajstić information content (AvgIpc) is 2.35. The fraction of sp³-hybridized carbons (Fsp3) is 0.333. The minimum absolute atomic E-state index is 0.186. The van der Waals surface area contributed by atoms with Gasteiger partial charge in [0.25, 0.3) is 0 Å². The predicted molar refractivity (Wildman–Crippen MR) is 58.8 cm³/mol. The third-order valence-electron chi connectivity index (χ3n) is 2.87. The van der Waals surface area contributed by atoms with Gasteiger partial charge in [0, 0.05) is 0 Å². The SMILES string of the molecule is O=C(O)C(CC(O)[CH2][Hg])(C(=O)O)c1ccccc1. The van der Waals surface area contributed by atoms with Gasteiger partial charge in [0.15, 0.2) is 0 Å². The van der Waals surface area contributed by atoms with Crippen LogP contribution in [0.25, 0.3) is 0 Å². The summed E-state index contributed by atoms with van der Waals surface area (Å²) in [7, 11) is 0. The van der Waals surface area contributed by atoms with Crippen LogP contribution in [0.1, 0.15) is 12.0 Å². The zero-order valence-electron chi connectivity index (χ0n) is 9.74. The van der Waals surface area contributed by atoms with Gasteiger partial charge in [0.2, 0.25) is 0 Å². The van der Waals surface area contributed by atoms with Crippen LogP contribution in [0.3, 0.4) is 0 Å². The van der Waals surface area contributed by atoms with Gasteiger partial charge in [0.1, 0.15) is 0 Å². The van der Waals surface area contributed by atoms with Gasteiger partial charge in [-0.25, -0.2) is 0 Å². The van der Waals surface area contributed by atoms with E-state index < -0.39 is 23.5 Å². The molecule has 6 heteroatoms. The Kier molecular flexibility index (Phi) is 5.28. The first-order valence-corrected chi connectivity index (χ1v) is 9.33. The molecule has 3 N–H and O–H groups in total. The molecular weight excluding hydrogens is 425 g/mol. The Bertz CT molecular complexity index is 417. The van der Waals surface area contributed by atoms with Gasteiger partial charge in [-0.05, 0) is 0 Å². The second kappa shape index (κ2) is 6.29. The summed E-state index contributed by atoms with van der Waals surface area (Å²) in [5.74, 6) is -2.89. The summed E-state index contributed by atoms with van der Waals surface area (Å²) in [5.41, 5.74) is -1.88. The van der Waals surface area contributed by atoms with E-state index in [0.717, 1.165) is 0 Å². The Balaban J connectivity index is 3.31. The van der Waals surface area contributed by atoms with Gasteiger partial charge in [-0.1, -0.05) is 0 Å². The molecule has 0 aliphatic rings. The summed E-state index contributed by atoms with van der Waals surface area (Å²) in [5, 5.41) is 28.3. The molecule has 0 aliphatic carbocycles. The molecule has 0 amide bonds. The average molecular weight is 438 g/mol. The van der Waals surface area contributed by atoms with E-state index in [4.69, 9.17) is 0 Å². The minimum atomic E-state index is -2.07. The van der Waals surface area contributed by atoms with Crippen molar-refractivity contribution in [2.75, 3.05) is 0 Å². The molecule has 0 heterocycles. The Morgan fingerprint density at radius 2 is 1.67 bits per heavy atom. The van der Waals surface area contributed by atoms with Gasteiger partial charge in [-0.3, -0.25) is 0 Å². The van der Waals surface area contributed by atoms with Crippen LogP contribution in [0.5, 0.6) is 0 Å². The molecule has 1 atom stereocenters. The first-order valence-electron chi connectivity index (χ1n) is 5.44. The zero-order chi connectivity index (χ0) is 13.8. The van der Waals surface area contributed by atoms with Crippen molar-refractivity contribution in [2.45, 2.75) is 21.9 Å². The molecule has 93 valence electrons. The third kappa shape index (κ3) is 2.89. The molecule has 0 aliphatic heterocycles. The monoisotopic (exact) mass is 439 g/mol. The van der Waals surface area contributed by atoms with Gasteiger partial charge in [0.05, 0.1) is 0 Å². The normalized spacial score (nSPS) is 13.1. The van der Waals surface area contributed by atoms with Crippen LogP contribution in [0.15, 0.2) is 30.3 Å². The summed E-state index contributed by atoms with van der Waals surface area (Å²) in [6.45, 7) is 0. The fourth-order valence-electron chi connectivity index (χ4n) is 1.81. The molecule has 1 rings (SSSR count). The maximum atomic E-state index is 11.4. The molecule has 0 bridgehead atoms. The van der Waals surface area contributed by atoms with Crippen LogP contribution in [0.4, 0.5) is 0 Å². The summed E-state index contributed by atoms with van der Waals surface area (Å²) in [6.07, 6.45) is -1.19. The molecule has 0 fully saturated rings. The molecule has 1 aromatic rings. The van der Waals surface area contributed by atoms with E-state index in [2.05, 4.69) is 0 Å². The number of carboxylic acids is 2. The zero-order valence-corrected chi connectivity index (χ0v) is 15.2. The van der Waals surface area contributed by atoms with Crippen LogP contribution in [-0.4, -0.2) is 33.4 Å². The number of carboxylic acid groups (broad SMARTS) is 2. The summed E-state index contributed by atoms with van der Waals surface area (Å²) in [6, 6.07) is 7.79. The number of hydrogen-bond donors (Lipinski definition) is 3. The van der Waals surface area contributed by atoms with E-state index in [-0.39, 0.29) is 38.1 Å². The number of carbonyl (C=O) groups is 2. The molecule has 1 aromatic carbocycles. The molecule has 5 nitrogen and oxygen atoms in total. The Morgan fingerprint density at radius 3 is 2.06 bits per heavy atom. The van der Waals surface area contributed by atoms with E-state index in [0.29, 0.717) is 3.93 Å². The Labute approximate surface area is 120 Å². The van der Waals surface area contributed by atoms with Crippen LogP contribution in [0, 0.1) is 0 Å². The van der Waals surface area contributed by atoms with Crippen LogP contribution < -0.4 is 0 Å². The van der Waals surface area contributed by atoms with Crippen LogP contribution in [-0.2, 0) is 41.1 Å². The summed E-state index contributed by atoms with van der Waals surface area (Å²) >= 11 is 0.290. The number of aliphatic hydroxyl groups excluding tert-OH is 1. The van der Waals surface area contributed by atoms with Crippen molar-refractivity contribution in [1.29, 1.82) is 0 Å². The number of rotatable bonds is 6. The molecule has 1 unspecified atom stereocenters. The first kappa shape index (κ1) is 15.1. The topological polar surface area (TPSA) is 94.8 Å². The van der Waals surface area contributed by atoms with E-state index in [1.807, 2.05) is 0 Å². The Morgan fingerprint density at radius 1 is 1.17 bits per heavy atom. The number of hydrogen-bond acceptors (Lipinski definition) is 3. The van der Waals surface area contributed by atoms with Crippen molar-refractivity contribution in [3.8, 4) is 0 Å². The fourth-order valence-corrected chi connectivity index (χ4v) is 2.60. The van der Waals surface area contributed by atoms with E-state index in [1.165, 1.54) is 12.1 Å². The second-order valence-electron chi connectivity index (χ2n) is 4.03. The third-order valence-corrected chi connectivity index (χ3v) is 5.46. The number of aliphatic carboxylic acids is 2. The summed E-state index contributed by atoms with van der Waals surface area (Å²) < 4.78 is 0.495.